The maximum atomic E-state index is 9.88. The summed E-state index contributed by atoms with van der Waals surface area (Å²) in [6.07, 6.45) is 4.48. The SMILES string of the molecule is C[O][Zr]([CH3])(=[SiH2])([CH2]CO)([NH]C(C)(C)C)[CH]1C=Cc2ccccc21.Cl.Cl. The Balaban J connectivity index is 0.00000264. The molecule has 1 aliphatic rings. The molecule has 7 heteroatoms. The number of hydrogen-bond donors (Lipinski definition) is 2. The predicted octanol–water partition coefficient (Wildman–Crippen LogP) is 3.69. The van der Waals surface area contributed by atoms with Crippen LogP contribution in [0.1, 0.15) is 35.5 Å². The third-order valence-electron chi connectivity index (χ3n) is 5.26. The Bertz CT molecular complexity index is 717. The first-order valence-electron chi connectivity index (χ1n) is 8.00. The molecule has 0 radical (unpaired) electrons. The van der Waals surface area contributed by atoms with Gasteiger partial charge in [-0.3, -0.25) is 0 Å². The van der Waals surface area contributed by atoms with E-state index in [1.54, 1.807) is 0 Å². The average molecular weight is 473 g/mol. The number of halogens is 2. The molecule has 2 N–H and O–H groups in total. The summed E-state index contributed by atoms with van der Waals surface area (Å²) < 4.78 is 13.6. The zero-order chi connectivity index (χ0) is 16.7. The van der Waals surface area contributed by atoms with Crippen LogP contribution in [-0.2, 0) is 19.5 Å². The van der Waals surface area contributed by atoms with E-state index in [9.17, 15) is 5.11 Å². The summed E-state index contributed by atoms with van der Waals surface area (Å²) in [6.45, 7) is 8.69. The van der Waals surface area contributed by atoms with Gasteiger partial charge in [-0.15, -0.1) is 24.8 Å². The van der Waals surface area contributed by atoms with Crippen LogP contribution < -0.4 is 3.26 Å². The Morgan fingerprint density at radius 1 is 1.25 bits per heavy atom. The van der Waals surface area contributed by atoms with Crippen molar-refractivity contribution in [2.45, 2.75) is 38.7 Å². The fourth-order valence-electron chi connectivity index (χ4n) is 4.29. The molecular formula is C17H32Cl2NO2SiZr. The van der Waals surface area contributed by atoms with Crippen molar-refractivity contribution in [2.75, 3.05) is 13.7 Å². The van der Waals surface area contributed by atoms with Gasteiger partial charge in [-0.1, -0.05) is 0 Å². The quantitative estimate of drug-likeness (QED) is 0.643. The van der Waals surface area contributed by atoms with Crippen molar-refractivity contribution in [1.82, 2.24) is 3.26 Å². The molecule has 1 atom stereocenters. The van der Waals surface area contributed by atoms with Gasteiger partial charge in [0.25, 0.3) is 0 Å². The minimum absolute atomic E-state index is 0. The zero-order valence-corrected chi connectivity index (χ0v) is 20.8. The van der Waals surface area contributed by atoms with Crippen LogP contribution in [0.5, 0.6) is 0 Å². The van der Waals surface area contributed by atoms with Gasteiger partial charge in [0.1, 0.15) is 0 Å². The largest absolute Gasteiger partial charge is 0.147 e. The number of rotatable bonds is 5. The fourth-order valence-corrected chi connectivity index (χ4v) is 26.3. The van der Waals surface area contributed by atoms with Crippen molar-refractivity contribution in [2.24, 2.45) is 0 Å². The van der Waals surface area contributed by atoms with Crippen molar-refractivity contribution in [3.63, 3.8) is 0 Å². The summed E-state index contributed by atoms with van der Waals surface area (Å²) in [5, 5.41) is 9.88. The minimum Gasteiger partial charge on any atom is -0.147 e. The van der Waals surface area contributed by atoms with Crippen LogP contribution in [0.2, 0.25) is 8.76 Å². The predicted molar refractivity (Wildman–Crippen MR) is 109 cm³/mol. The first kappa shape index (κ1) is 24.5. The summed E-state index contributed by atoms with van der Waals surface area (Å²) >= 11 is -4.45. The molecule has 0 saturated heterocycles. The van der Waals surface area contributed by atoms with Gasteiger partial charge < -0.3 is 0 Å². The van der Waals surface area contributed by atoms with Crippen molar-refractivity contribution >= 4 is 37.8 Å². The zero-order valence-electron chi connectivity index (χ0n) is 15.3. The van der Waals surface area contributed by atoms with Crippen molar-refractivity contribution in [3.8, 4) is 0 Å². The van der Waals surface area contributed by atoms with Crippen LogP contribution in [0.25, 0.3) is 6.08 Å². The van der Waals surface area contributed by atoms with E-state index >= 15 is 0 Å². The minimum atomic E-state index is -4.45. The number of aliphatic hydroxyl groups is 1. The van der Waals surface area contributed by atoms with Gasteiger partial charge in [0.15, 0.2) is 0 Å². The van der Waals surface area contributed by atoms with Gasteiger partial charge in [-0.2, -0.15) is 0 Å². The molecule has 1 aliphatic carbocycles. The number of benzene rings is 1. The second kappa shape index (κ2) is 7.26. The topological polar surface area (TPSA) is 41.5 Å². The Hall–Kier alpha value is 0.520. The number of hydrogen-bond acceptors (Lipinski definition) is 3. The van der Waals surface area contributed by atoms with Crippen LogP contribution in [0.15, 0.2) is 30.3 Å². The number of allylic oxidation sites excluding steroid dienone is 1. The molecule has 0 amide bonds. The van der Waals surface area contributed by atoms with E-state index in [0.29, 0.717) is 4.13 Å². The molecule has 139 valence electrons. The maximum Gasteiger partial charge on any atom is -0.147 e. The molecule has 1 aromatic rings. The summed E-state index contributed by atoms with van der Waals surface area (Å²) in [4.78, 5) is 0. The Morgan fingerprint density at radius 3 is 2.33 bits per heavy atom. The fraction of sp³-hybridized carbons (Fsp3) is 0.529. The van der Waals surface area contributed by atoms with E-state index in [1.807, 2.05) is 14.0 Å². The van der Waals surface area contributed by atoms with Gasteiger partial charge in [0.05, 0.1) is 0 Å². The molecule has 1 aromatic carbocycles. The number of nitrogens with one attached hydrogen (secondary N) is 1. The molecule has 0 aromatic heterocycles. The Labute approximate surface area is 158 Å². The normalized spacial score (nSPS) is 19.5. The molecule has 0 heterocycles. The molecule has 0 bridgehead atoms. The molecule has 0 aliphatic heterocycles. The molecule has 0 saturated carbocycles. The van der Waals surface area contributed by atoms with Crippen LogP contribution in [0, 0.1) is 0 Å². The second-order valence-corrected chi connectivity index (χ2v) is 41.7. The molecule has 24 heavy (non-hydrogen) atoms. The Kier molecular flexibility index (Phi) is 7.42. The van der Waals surface area contributed by atoms with E-state index < -0.39 is 16.6 Å². The van der Waals surface area contributed by atoms with Gasteiger partial charge in [-0.05, 0) is 0 Å². The van der Waals surface area contributed by atoms with Crippen LogP contribution in [0.3, 0.4) is 0 Å². The summed E-state index contributed by atoms with van der Waals surface area (Å²) in [7, 11) is 1.83. The van der Waals surface area contributed by atoms with Gasteiger partial charge in [0.2, 0.25) is 0 Å². The second-order valence-electron chi connectivity index (χ2n) is 8.63. The van der Waals surface area contributed by atoms with Gasteiger partial charge >= 0.3 is 135 Å². The number of aliphatic hydroxyl groups excluding tert-OH is 1. The van der Waals surface area contributed by atoms with Crippen molar-refractivity contribution in [3.05, 3.63) is 41.5 Å². The van der Waals surface area contributed by atoms with E-state index in [2.05, 4.69) is 65.1 Å². The van der Waals surface area contributed by atoms with E-state index in [1.165, 1.54) is 11.1 Å². The maximum absolute atomic E-state index is 9.88. The van der Waals surface area contributed by atoms with E-state index in [4.69, 9.17) is 2.81 Å². The smallest absolute Gasteiger partial charge is 0.147 e. The van der Waals surface area contributed by atoms with E-state index in [0.717, 1.165) is 0 Å². The number of fused-ring (bicyclic) bond motifs is 1. The molecular weight excluding hydrogens is 440 g/mol. The third-order valence-corrected chi connectivity index (χ3v) is 30.9. The Morgan fingerprint density at radius 2 is 1.83 bits per heavy atom. The molecule has 0 spiro atoms. The summed E-state index contributed by atoms with van der Waals surface area (Å²) in [5.41, 5.74) is 2.51. The standard InChI is InChI=1S/C9H7.C4H10N.C2H5O.CH3O.CH3.2ClH.H2Si.Zr/c1-2-5-9-7-3-6-8(9)4-1;1-4(2,3)5;1-2-3;1-2;;;;;/h1-7H;5H,1-3H3;3H,1-2H2;1H3;1H3;2*1H;1H2;/q;-1;;-1;;;;;+2. The molecule has 0 fully saturated rings. The molecule has 1 unspecified atom stereocenters. The van der Waals surface area contributed by atoms with Crippen LogP contribution in [0.4, 0.5) is 0 Å². The van der Waals surface area contributed by atoms with Crippen LogP contribution in [-0.4, -0.2) is 31.2 Å². The van der Waals surface area contributed by atoms with Gasteiger partial charge in [0, 0.05) is 0 Å². The summed E-state index contributed by atoms with van der Waals surface area (Å²) in [5.74, 6) is 0. The van der Waals surface area contributed by atoms with Crippen LogP contribution >= 0.6 is 24.8 Å². The average Bonchev–Trinajstić information content (AvgIpc) is 2.82. The van der Waals surface area contributed by atoms with Gasteiger partial charge in [-0.25, -0.2) is 0 Å². The molecule has 3 nitrogen and oxygen atoms in total. The first-order valence-corrected chi connectivity index (χ1v) is 21.8. The van der Waals surface area contributed by atoms with Crippen molar-refractivity contribution in [1.29, 1.82) is 0 Å². The third kappa shape index (κ3) is 4.25. The monoisotopic (exact) mass is 470 g/mol. The van der Waals surface area contributed by atoms with E-state index in [-0.39, 0.29) is 40.6 Å². The van der Waals surface area contributed by atoms with Crippen molar-refractivity contribution < 1.29 is 24.6 Å². The first-order chi connectivity index (χ1) is 9.99. The summed E-state index contributed by atoms with van der Waals surface area (Å²) in [6, 6.07) is 8.52. The molecule has 2 rings (SSSR count).